The topological polar surface area (TPSA) is 12.0 Å². The molecule has 0 aliphatic rings. The Morgan fingerprint density at radius 2 is 2.29 bits per heavy atom. The van der Waals surface area contributed by atoms with E-state index in [4.69, 9.17) is 0 Å². The standard InChI is InChI=1S/C5H11NS/c1-4(2)6-5(3)7/h5-7H,1H2,2-3H3. The zero-order valence-corrected chi connectivity index (χ0v) is 5.63. The quantitative estimate of drug-likeness (QED) is 0.411. The molecule has 0 spiro atoms. The first-order valence-corrected chi connectivity index (χ1v) is 2.74. The van der Waals surface area contributed by atoms with Crippen LogP contribution in [0, 0.1) is 0 Å². The molecule has 0 aromatic rings. The third kappa shape index (κ3) is 5.89. The molecule has 1 unspecified atom stereocenters. The van der Waals surface area contributed by atoms with E-state index in [1.807, 2.05) is 13.8 Å². The van der Waals surface area contributed by atoms with Crippen molar-refractivity contribution in [3.63, 3.8) is 0 Å². The summed E-state index contributed by atoms with van der Waals surface area (Å²) in [6, 6.07) is 0. The minimum Gasteiger partial charge on any atom is -0.378 e. The molecule has 1 N–H and O–H groups in total. The molecule has 0 aliphatic carbocycles. The molecule has 0 fully saturated rings. The van der Waals surface area contributed by atoms with Crippen LogP contribution >= 0.6 is 12.6 Å². The van der Waals surface area contributed by atoms with Crippen LogP contribution < -0.4 is 5.32 Å². The van der Waals surface area contributed by atoms with Gasteiger partial charge in [0, 0.05) is 5.70 Å². The second-order valence-corrected chi connectivity index (χ2v) is 2.38. The van der Waals surface area contributed by atoms with Crippen molar-refractivity contribution in [2.75, 3.05) is 0 Å². The molecule has 0 saturated heterocycles. The summed E-state index contributed by atoms with van der Waals surface area (Å²) in [4.78, 5) is 0. The second-order valence-electron chi connectivity index (χ2n) is 1.60. The second kappa shape index (κ2) is 2.97. The summed E-state index contributed by atoms with van der Waals surface area (Å²) in [5, 5.41) is 3.20. The predicted molar refractivity (Wildman–Crippen MR) is 36.4 cm³/mol. The van der Waals surface area contributed by atoms with Crippen LogP contribution in [0.1, 0.15) is 13.8 Å². The maximum absolute atomic E-state index is 4.07. The van der Waals surface area contributed by atoms with E-state index in [0.717, 1.165) is 5.70 Å². The summed E-state index contributed by atoms with van der Waals surface area (Å²) in [7, 11) is 0. The average molecular weight is 117 g/mol. The van der Waals surface area contributed by atoms with Gasteiger partial charge in [0.05, 0.1) is 5.37 Å². The molecule has 0 bridgehead atoms. The van der Waals surface area contributed by atoms with Crippen molar-refractivity contribution in [3.8, 4) is 0 Å². The fraction of sp³-hybridized carbons (Fsp3) is 0.600. The first kappa shape index (κ1) is 6.89. The molecule has 0 amide bonds. The van der Waals surface area contributed by atoms with E-state index in [1.54, 1.807) is 0 Å². The highest BCUT2D eigenvalue weighted by Gasteiger charge is 1.86. The molecular weight excluding hydrogens is 106 g/mol. The van der Waals surface area contributed by atoms with Crippen molar-refractivity contribution in [1.29, 1.82) is 0 Å². The van der Waals surface area contributed by atoms with Crippen LogP contribution in [0.5, 0.6) is 0 Å². The van der Waals surface area contributed by atoms with Gasteiger partial charge in [-0.2, -0.15) is 12.6 Å². The third-order valence-corrected chi connectivity index (χ3v) is 0.584. The maximum Gasteiger partial charge on any atom is 0.0661 e. The van der Waals surface area contributed by atoms with Crippen LogP contribution in [0.15, 0.2) is 12.3 Å². The van der Waals surface area contributed by atoms with E-state index >= 15 is 0 Å². The summed E-state index contributed by atoms with van der Waals surface area (Å²) in [5.41, 5.74) is 0.961. The first-order valence-electron chi connectivity index (χ1n) is 2.23. The van der Waals surface area contributed by atoms with Crippen LogP contribution in [0.25, 0.3) is 0 Å². The number of allylic oxidation sites excluding steroid dienone is 1. The summed E-state index contributed by atoms with van der Waals surface area (Å²) in [6.45, 7) is 7.50. The van der Waals surface area contributed by atoms with E-state index in [9.17, 15) is 0 Å². The van der Waals surface area contributed by atoms with Gasteiger partial charge in [-0.15, -0.1) is 0 Å². The van der Waals surface area contributed by atoms with Crippen LogP contribution in [0.2, 0.25) is 0 Å². The molecule has 1 nitrogen and oxygen atoms in total. The van der Waals surface area contributed by atoms with Crippen LogP contribution in [0.3, 0.4) is 0 Å². The smallest absolute Gasteiger partial charge is 0.0661 e. The van der Waals surface area contributed by atoms with Crippen molar-refractivity contribution in [2.45, 2.75) is 19.2 Å². The molecule has 2 heteroatoms. The first-order chi connectivity index (χ1) is 3.13. The summed E-state index contributed by atoms with van der Waals surface area (Å²) in [5.74, 6) is 0. The molecule has 0 aromatic carbocycles. The number of rotatable bonds is 2. The normalized spacial score (nSPS) is 13.0. The monoisotopic (exact) mass is 117 g/mol. The summed E-state index contributed by atoms with van der Waals surface area (Å²) in [6.07, 6.45) is 0. The van der Waals surface area contributed by atoms with Gasteiger partial charge in [-0.3, -0.25) is 0 Å². The van der Waals surface area contributed by atoms with E-state index in [0.29, 0.717) is 0 Å². The third-order valence-electron chi connectivity index (χ3n) is 0.455. The minimum atomic E-state index is 0.220. The Bertz CT molecular complexity index is 68.5. The molecule has 0 radical (unpaired) electrons. The molecule has 1 atom stereocenters. The lowest BCUT2D eigenvalue weighted by Gasteiger charge is -2.05. The molecule has 42 valence electrons. The summed E-state index contributed by atoms with van der Waals surface area (Å²) < 4.78 is 0. The van der Waals surface area contributed by atoms with Crippen molar-refractivity contribution in [1.82, 2.24) is 5.32 Å². The van der Waals surface area contributed by atoms with Crippen LogP contribution in [0.4, 0.5) is 0 Å². The van der Waals surface area contributed by atoms with Gasteiger partial charge in [0.1, 0.15) is 0 Å². The van der Waals surface area contributed by atoms with E-state index in [1.165, 1.54) is 0 Å². The molecule has 0 rings (SSSR count). The van der Waals surface area contributed by atoms with Gasteiger partial charge in [-0.05, 0) is 13.8 Å². The Kier molecular flexibility index (Phi) is 2.92. The van der Waals surface area contributed by atoms with E-state index in [-0.39, 0.29) is 5.37 Å². The molecule has 0 aliphatic heterocycles. The van der Waals surface area contributed by atoms with Gasteiger partial charge in [-0.1, -0.05) is 6.58 Å². The lowest BCUT2D eigenvalue weighted by molar-refractivity contribution is 0.810. The largest absolute Gasteiger partial charge is 0.378 e. The molecule has 0 heterocycles. The molecule has 7 heavy (non-hydrogen) atoms. The zero-order chi connectivity index (χ0) is 5.86. The maximum atomic E-state index is 4.07. The zero-order valence-electron chi connectivity index (χ0n) is 4.73. The van der Waals surface area contributed by atoms with Crippen LogP contribution in [-0.2, 0) is 0 Å². The Labute approximate surface area is 50.2 Å². The van der Waals surface area contributed by atoms with Gasteiger partial charge >= 0.3 is 0 Å². The lowest BCUT2D eigenvalue weighted by Crippen LogP contribution is -2.16. The number of thiol groups is 1. The van der Waals surface area contributed by atoms with Gasteiger partial charge < -0.3 is 5.32 Å². The predicted octanol–water partition coefficient (Wildman–Crippen LogP) is 1.39. The van der Waals surface area contributed by atoms with E-state index in [2.05, 4.69) is 24.5 Å². The highest BCUT2D eigenvalue weighted by Crippen LogP contribution is 1.88. The number of nitrogens with one attached hydrogen (secondary N) is 1. The highest BCUT2D eigenvalue weighted by molar-refractivity contribution is 7.80. The fourth-order valence-corrected chi connectivity index (χ4v) is 0.577. The Morgan fingerprint density at radius 1 is 1.86 bits per heavy atom. The molecule has 0 saturated carbocycles. The fourth-order valence-electron chi connectivity index (χ4n) is 0.357. The highest BCUT2D eigenvalue weighted by atomic mass is 32.1. The lowest BCUT2D eigenvalue weighted by atomic mass is 10.5. The molecular formula is C5H11NS. The Morgan fingerprint density at radius 3 is 2.29 bits per heavy atom. The average Bonchev–Trinajstić information content (AvgIpc) is 1.27. The Balaban J connectivity index is 3.13. The van der Waals surface area contributed by atoms with Gasteiger partial charge in [0.2, 0.25) is 0 Å². The van der Waals surface area contributed by atoms with Gasteiger partial charge in [0.15, 0.2) is 0 Å². The number of hydrogen-bond acceptors (Lipinski definition) is 2. The van der Waals surface area contributed by atoms with Crippen molar-refractivity contribution in [2.24, 2.45) is 0 Å². The Hall–Kier alpha value is -0.110. The van der Waals surface area contributed by atoms with Crippen molar-refractivity contribution in [3.05, 3.63) is 12.3 Å². The summed E-state index contributed by atoms with van der Waals surface area (Å²) >= 11 is 4.07. The van der Waals surface area contributed by atoms with Crippen molar-refractivity contribution >= 4 is 12.6 Å². The van der Waals surface area contributed by atoms with Gasteiger partial charge in [0.25, 0.3) is 0 Å². The van der Waals surface area contributed by atoms with E-state index < -0.39 is 0 Å². The van der Waals surface area contributed by atoms with Crippen LogP contribution in [-0.4, -0.2) is 5.37 Å². The SMILES string of the molecule is C=C(C)NC(C)S. The number of hydrogen-bond donors (Lipinski definition) is 2. The van der Waals surface area contributed by atoms with Gasteiger partial charge in [-0.25, -0.2) is 0 Å². The van der Waals surface area contributed by atoms with Crippen molar-refractivity contribution < 1.29 is 0 Å². The molecule has 0 aromatic heterocycles. The minimum absolute atomic E-state index is 0.220.